The van der Waals surface area contributed by atoms with Crippen molar-refractivity contribution in [2.24, 2.45) is 5.92 Å². The topological polar surface area (TPSA) is 73.9 Å². The van der Waals surface area contributed by atoms with Crippen molar-refractivity contribution in [3.63, 3.8) is 0 Å². The molecule has 0 aliphatic rings. The normalized spacial score (nSPS) is 10.4. The third-order valence-corrected chi connectivity index (χ3v) is 3.85. The van der Waals surface area contributed by atoms with Gasteiger partial charge in [-0.3, -0.25) is 4.79 Å². The molecule has 6 nitrogen and oxygen atoms in total. The zero-order valence-corrected chi connectivity index (χ0v) is 16.1. The number of methoxy groups -OCH3 is 2. The van der Waals surface area contributed by atoms with Gasteiger partial charge in [-0.25, -0.2) is 4.79 Å². The van der Waals surface area contributed by atoms with E-state index in [0.717, 1.165) is 12.0 Å². The van der Waals surface area contributed by atoms with Gasteiger partial charge >= 0.3 is 5.97 Å². The molecule has 0 heterocycles. The molecule has 2 aromatic carbocycles. The maximum atomic E-state index is 12.1. The highest BCUT2D eigenvalue weighted by molar-refractivity contribution is 5.96. The molecule has 0 saturated heterocycles. The van der Waals surface area contributed by atoms with Crippen LogP contribution >= 0.6 is 0 Å². The number of nitrogens with one attached hydrogen (secondary N) is 1. The third kappa shape index (κ3) is 6.02. The van der Waals surface area contributed by atoms with E-state index in [0.29, 0.717) is 28.7 Å². The molecular formula is C21H25NO5. The summed E-state index contributed by atoms with van der Waals surface area (Å²) in [4.78, 5) is 24.2. The number of amides is 1. The highest BCUT2D eigenvalue weighted by Crippen LogP contribution is 2.28. The van der Waals surface area contributed by atoms with Gasteiger partial charge in [0.05, 0.1) is 25.5 Å². The Kier molecular flexibility index (Phi) is 7.23. The molecule has 0 spiro atoms. The Balaban J connectivity index is 1.90. The number of carbonyl (C=O) groups excluding carboxylic acids is 2. The summed E-state index contributed by atoms with van der Waals surface area (Å²) in [5, 5.41) is 2.65. The van der Waals surface area contributed by atoms with Crippen molar-refractivity contribution >= 4 is 17.6 Å². The van der Waals surface area contributed by atoms with E-state index in [1.807, 2.05) is 12.1 Å². The maximum Gasteiger partial charge on any atom is 0.338 e. The fourth-order valence-electron chi connectivity index (χ4n) is 2.55. The van der Waals surface area contributed by atoms with E-state index in [1.165, 1.54) is 7.11 Å². The van der Waals surface area contributed by atoms with Gasteiger partial charge in [-0.05, 0) is 42.2 Å². The summed E-state index contributed by atoms with van der Waals surface area (Å²) in [5.41, 5.74) is 2.04. The smallest absolute Gasteiger partial charge is 0.338 e. The predicted molar refractivity (Wildman–Crippen MR) is 103 cm³/mol. The lowest BCUT2D eigenvalue weighted by Gasteiger charge is -2.12. The van der Waals surface area contributed by atoms with Crippen molar-refractivity contribution in [1.29, 1.82) is 0 Å². The van der Waals surface area contributed by atoms with Crippen LogP contribution in [0.2, 0.25) is 0 Å². The summed E-state index contributed by atoms with van der Waals surface area (Å²) in [6, 6.07) is 12.2. The molecule has 0 bridgehead atoms. The van der Waals surface area contributed by atoms with Crippen molar-refractivity contribution in [2.75, 3.05) is 26.1 Å². The van der Waals surface area contributed by atoms with Crippen LogP contribution in [0.3, 0.4) is 0 Å². The van der Waals surface area contributed by atoms with Crippen molar-refractivity contribution in [1.82, 2.24) is 0 Å². The highest BCUT2D eigenvalue weighted by Gasteiger charge is 2.13. The molecule has 0 atom stereocenters. The molecule has 0 saturated carbocycles. The second kappa shape index (κ2) is 9.62. The van der Waals surface area contributed by atoms with Crippen LogP contribution in [0.1, 0.15) is 29.8 Å². The Morgan fingerprint density at radius 2 is 1.70 bits per heavy atom. The highest BCUT2D eigenvalue weighted by atomic mass is 16.5. The minimum atomic E-state index is -0.539. The molecule has 0 unspecified atom stereocenters. The van der Waals surface area contributed by atoms with Gasteiger partial charge in [0.15, 0.2) is 6.61 Å². The summed E-state index contributed by atoms with van der Waals surface area (Å²) in [7, 11) is 3.04. The van der Waals surface area contributed by atoms with Crippen LogP contribution in [0, 0.1) is 5.92 Å². The van der Waals surface area contributed by atoms with Crippen LogP contribution in [-0.2, 0) is 16.0 Å². The second-order valence-corrected chi connectivity index (χ2v) is 6.49. The van der Waals surface area contributed by atoms with Crippen LogP contribution in [0.5, 0.6) is 11.5 Å². The van der Waals surface area contributed by atoms with E-state index in [1.54, 1.807) is 37.4 Å². The Bertz CT molecular complexity index is 784. The van der Waals surface area contributed by atoms with Crippen LogP contribution in [0.15, 0.2) is 42.5 Å². The Labute approximate surface area is 159 Å². The molecule has 144 valence electrons. The first-order valence-corrected chi connectivity index (χ1v) is 8.71. The second-order valence-electron chi connectivity index (χ2n) is 6.49. The van der Waals surface area contributed by atoms with Gasteiger partial charge in [-0.1, -0.05) is 26.0 Å². The quantitative estimate of drug-likeness (QED) is 0.716. The van der Waals surface area contributed by atoms with Crippen LogP contribution < -0.4 is 14.8 Å². The monoisotopic (exact) mass is 371 g/mol. The van der Waals surface area contributed by atoms with E-state index in [-0.39, 0.29) is 6.61 Å². The zero-order chi connectivity index (χ0) is 19.8. The standard InChI is InChI=1S/C21H25NO5/c1-14(2)11-15-5-7-16(8-6-15)21(24)27-13-20(23)22-18-10-9-17(25-3)12-19(18)26-4/h5-10,12,14H,11,13H2,1-4H3,(H,22,23). The van der Waals surface area contributed by atoms with Gasteiger partial charge in [0.25, 0.3) is 5.91 Å². The number of hydrogen-bond donors (Lipinski definition) is 1. The molecule has 0 aromatic heterocycles. The fraction of sp³-hybridized carbons (Fsp3) is 0.333. The Morgan fingerprint density at radius 3 is 2.30 bits per heavy atom. The van der Waals surface area contributed by atoms with Crippen molar-refractivity contribution in [2.45, 2.75) is 20.3 Å². The first-order valence-electron chi connectivity index (χ1n) is 8.71. The summed E-state index contributed by atoms with van der Waals surface area (Å²) in [6.07, 6.45) is 0.946. The van der Waals surface area contributed by atoms with Crippen molar-refractivity contribution in [3.8, 4) is 11.5 Å². The number of rotatable bonds is 8. The lowest BCUT2D eigenvalue weighted by molar-refractivity contribution is -0.119. The average molecular weight is 371 g/mol. The largest absolute Gasteiger partial charge is 0.497 e. The number of ether oxygens (including phenoxy) is 3. The summed E-state index contributed by atoms with van der Waals surface area (Å²) >= 11 is 0. The van der Waals surface area contributed by atoms with E-state index in [9.17, 15) is 9.59 Å². The number of benzene rings is 2. The summed E-state index contributed by atoms with van der Waals surface area (Å²) in [5.74, 6) is 0.611. The summed E-state index contributed by atoms with van der Waals surface area (Å²) < 4.78 is 15.4. The number of hydrogen-bond acceptors (Lipinski definition) is 5. The van der Waals surface area contributed by atoms with E-state index >= 15 is 0 Å². The van der Waals surface area contributed by atoms with Gasteiger partial charge in [0.1, 0.15) is 11.5 Å². The molecule has 2 aromatic rings. The first kappa shape index (κ1) is 20.3. The minimum Gasteiger partial charge on any atom is -0.497 e. The Morgan fingerprint density at radius 1 is 1.00 bits per heavy atom. The fourth-order valence-corrected chi connectivity index (χ4v) is 2.55. The van der Waals surface area contributed by atoms with Crippen LogP contribution in [0.4, 0.5) is 5.69 Å². The third-order valence-electron chi connectivity index (χ3n) is 3.85. The molecule has 0 fully saturated rings. The van der Waals surface area contributed by atoms with E-state index < -0.39 is 11.9 Å². The zero-order valence-electron chi connectivity index (χ0n) is 16.1. The lowest BCUT2D eigenvalue weighted by atomic mass is 10.0. The molecule has 0 aliphatic carbocycles. The first-order chi connectivity index (χ1) is 12.9. The lowest BCUT2D eigenvalue weighted by Crippen LogP contribution is -2.21. The van der Waals surface area contributed by atoms with E-state index in [2.05, 4.69) is 19.2 Å². The molecule has 6 heteroatoms. The molecule has 0 radical (unpaired) electrons. The van der Waals surface area contributed by atoms with Gasteiger partial charge in [-0.2, -0.15) is 0 Å². The maximum absolute atomic E-state index is 12.1. The van der Waals surface area contributed by atoms with Gasteiger partial charge in [-0.15, -0.1) is 0 Å². The average Bonchev–Trinajstić information content (AvgIpc) is 2.66. The van der Waals surface area contributed by atoms with Crippen molar-refractivity contribution < 1.29 is 23.8 Å². The molecule has 1 amide bonds. The Hall–Kier alpha value is -3.02. The minimum absolute atomic E-state index is 0.387. The van der Waals surface area contributed by atoms with Gasteiger partial charge < -0.3 is 19.5 Å². The van der Waals surface area contributed by atoms with Gasteiger partial charge in [0.2, 0.25) is 0 Å². The van der Waals surface area contributed by atoms with E-state index in [4.69, 9.17) is 14.2 Å². The van der Waals surface area contributed by atoms with Gasteiger partial charge in [0, 0.05) is 6.07 Å². The van der Waals surface area contributed by atoms with Crippen molar-refractivity contribution in [3.05, 3.63) is 53.6 Å². The summed E-state index contributed by atoms with van der Waals surface area (Å²) in [6.45, 7) is 3.89. The molecule has 2 rings (SSSR count). The molecule has 27 heavy (non-hydrogen) atoms. The SMILES string of the molecule is COc1ccc(NC(=O)COC(=O)c2ccc(CC(C)C)cc2)c(OC)c1. The van der Waals surface area contributed by atoms with Crippen LogP contribution in [-0.4, -0.2) is 32.7 Å². The predicted octanol–water partition coefficient (Wildman–Crippen LogP) is 3.70. The number of carbonyl (C=O) groups is 2. The molecular weight excluding hydrogens is 346 g/mol. The molecule has 1 N–H and O–H groups in total. The molecule has 0 aliphatic heterocycles. The van der Waals surface area contributed by atoms with Crippen LogP contribution in [0.25, 0.3) is 0 Å². The number of anilines is 1. The number of esters is 1.